The summed E-state index contributed by atoms with van der Waals surface area (Å²) in [6.07, 6.45) is 3.13. The van der Waals surface area contributed by atoms with Crippen molar-refractivity contribution >= 4 is 26.3 Å². The first-order valence-corrected chi connectivity index (χ1v) is 3.53. The molecule has 0 amide bonds. The number of nitrogens with two attached hydrogens (primary N) is 1. The molecule has 0 rings (SSSR count). The summed E-state index contributed by atoms with van der Waals surface area (Å²) in [5.74, 6) is 0. The van der Waals surface area contributed by atoms with E-state index in [2.05, 4.69) is 34.2 Å². The minimum atomic E-state index is 0.805. The van der Waals surface area contributed by atoms with Crippen molar-refractivity contribution in [2.75, 3.05) is 0 Å². The smallest absolute Gasteiger partial charge is 0.101 e. The fraction of sp³-hybridized carbons (Fsp3) is 0.167. The monoisotopic (exact) mass is 236 g/mol. The van der Waals surface area contributed by atoms with Gasteiger partial charge in [-0.3, -0.25) is 0 Å². The van der Waals surface area contributed by atoms with Crippen LogP contribution in [-0.2, 0) is 0 Å². The van der Waals surface area contributed by atoms with Crippen LogP contribution in [-0.4, -0.2) is 3.72 Å². The standard InChI is InChI=1S/C6H9IN2/c1-3-6(7)9-5(2)4-8/h3-4H,1,8H2,2H3/b5-4-,9-6-. The number of nitrogens with zero attached hydrogens (tertiary/aromatic N) is 1. The van der Waals surface area contributed by atoms with Crippen LogP contribution < -0.4 is 5.73 Å². The fourth-order valence-electron chi connectivity index (χ4n) is 0.251. The van der Waals surface area contributed by atoms with E-state index in [0.717, 1.165) is 9.42 Å². The number of aliphatic imine (C=N–C) groups is 1. The maximum absolute atomic E-state index is 5.17. The van der Waals surface area contributed by atoms with E-state index < -0.39 is 0 Å². The van der Waals surface area contributed by atoms with E-state index in [1.807, 2.05) is 6.92 Å². The number of allylic oxidation sites excluding steroid dienone is 2. The van der Waals surface area contributed by atoms with Gasteiger partial charge in [0.25, 0.3) is 0 Å². The van der Waals surface area contributed by atoms with Crippen LogP contribution in [0.2, 0.25) is 0 Å². The van der Waals surface area contributed by atoms with Crippen molar-refractivity contribution in [2.45, 2.75) is 6.92 Å². The predicted molar refractivity (Wildman–Crippen MR) is 49.6 cm³/mol. The zero-order valence-corrected chi connectivity index (χ0v) is 7.42. The van der Waals surface area contributed by atoms with Crippen molar-refractivity contribution in [3.8, 4) is 0 Å². The van der Waals surface area contributed by atoms with Crippen molar-refractivity contribution in [2.24, 2.45) is 10.7 Å². The van der Waals surface area contributed by atoms with Crippen molar-refractivity contribution in [1.82, 2.24) is 0 Å². The van der Waals surface area contributed by atoms with Gasteiger partial charge in [-0.2, -0.15) is 0 Å². The molecule has 0 aliphatic heterocycles. The summed E-state index contributed by atoms with van der Waals surface area (Å²) in [5, 5.41) is 0. The third-order valence-electron chi connectivity index (χ3n) is 0.693. The highest BCUT2D eigenvalue weighted by Crippen LogP contribution is 1.98. The molecular weight excluding hydrogens is 227 g/mol. The number of rotatable bonds is 2. The Morgan fingerprint density at radius 2 is 2.33 bits per heavy atom. The van der Waals surface area contributed by atoms with E-state index in [0.29, 0.717) is 0 Å². The normalized spacial score (nSPS) is 13.6. The number of hydrogen-bond acceptors (Lipinski definition) is 2. The van der Waals surface area contributed by atoms with Crippen molar-refractivity contribution in [3.63, 3.8) is 0 Å². The van der Waals surface area contributed by atoms with E-state index >= 15 is 0 Å². The van der Waals surface area contributed by atoms with E-state index in [1.54, 1.807) is 6.08 Å². The molecule has 0 aromatic rings. The Labute approximate surface area is 68.7 Å². The lowest BCUT2D eigenvalue weighted by molar-refractivity contribution is 1.28. The van der Waals surface area contributed by atoms with Gasteiger partial charge in [-0.1, -0.05) is 6.58 Å². The molecule has 0 radical (unpaired) electrons. The average molecular weight is 236 g/mol. The highest BCUT2D eigenvalue weighted by molar-refractivity contribution is 14.1. The molecule has 2 nitrogen and oxygen atoms in total. The van der Waals surface area contributed by atoms with Crippen LogP contribution in [0.4, 0.5) is 0 Å². The summed E-state index contributed by atoms with van der Waals surface area (Å²) in [6.45, 7) is 5.38. The van der Waals surface area contributed by atoms with Crippen LogP contribution in [0.5, 0.6) is 0 Å². The number of hydrogen-bond donors (Lipinski definition) is 1. The van der Waals surface area contributed by atoms with Gasteiger partial charge in [-0.05, 0) is 35.6 Å². The van der Waals surface area contributed by atoms with Gasteiger partial charge in [0, 0.05) is 6.20 Å². The second kappa shape index (κ2) is 4.55. The number of halogens is 1. The first-order valence-electron chi connectivity index (χ1n) is 2.46. The Kier molecular flexibility index (Phi) is 4.39. The minimum absolute atomic E-state index is 0.805. The maximum atomic E-state index is 5.17. The lowest BCUT2D eigenvalue weighted by atomic mass is 10.5. The molecule has 0 bridgehead atoms. The zero-order valence-electron chi connectivity index (χ0n) is 5.26. The average Bonchev–Trinajstić information content (AvgIpc) is 1.87. The Bertz CT molecular complexity index is 158. The largest absolute Gasteiger partial charge is 0.403 e. The highest BCUT2D eigenvalue weighted by Gasteiger charge is 1.83. The second-order valence-electron chi connectivity index (χ2n) is 1.45. The Morgan fingerprint density at radius 1 is 1.78 bits per heavy atom. The second-order valence-corrected chi connectivity index (χ2v) is 2.55. The summed E-state index contributed by atoms with van der Waals surface area (Å²) in [7, 11) is 0. The maximum Gasteiger partial charge on any atom is 0.101 e. The highest BCUT2D eigenvalue weighted by atomic mass is 127. The Hall–Kier alpha value is -0.320. The molecule has 0 unspecified atom stereocenters. The van der Waals surface area contributed by atoms with Crippen LogP contribution in [0, 0.1) is 0 Å². The summed E-state index contributed by atoms with van der Waals surface area (Å²) < 4.78 is 0.854. The van der Waals surface area contributed by atoms with Crippen molar-refractivity contribution < 1.29 is 0 Å². The Balaban J connectivity index is 4.11. The molecule has 0 fully saturated rings. The molecule has 0 aromatic carbocycles. The summed E-state index contributed by atoms with van der Waals surface area (Å²) >= 11 is 2.08. The molecule has 3 heteroatoms. The van der Waals surface area contributed by atoms with Gasteiger partial charge in [0.05, 0.1) is 5.70 Å². The van der Waals surface area contributed by atoms with Gasteiger partial charge in [-0.15, -0.1) is 0 Å². The first-order chi connectivity index (χ1) is 4.20. The lowest BCUT2D eigenvalue weighted by Crippen LogP contribution is -1.83. The summed E-state index contributed by atoms with van der Waals surface area (Å²) in [5.41, 5.74) is 5.97. The topological polar surface area (TPSA) is 38.4 Å². The van der Waals surface area contributed by atoms with Gasteiger partial charge < -0.3 is 5.73 Å². The molecule has 0 aromatic heterocycles. The van der Waals surface area contributed by atoms with E-state index in [1.165, 1.54) is 6.20 Å². The van der Waals surface area contributed by atoms with Crippen molar-refractivity contribution in [3.05, 3.63) is 24.6 Å². The van der Waals surface area contributed by atoms with Gasteiger partial charge in [0.2, 0.25) is 0 Å². The SMILES string of the molecule is C=C/C(I)=N/C(C)=C\N. The van der Waals surface area contributed by atoms with Crippen LogP contribution in [0.1, 0.15) is 6.92 Å². The van der Waals surface area contributed by atoms with Gasteiger partial charge in [-0.25, -0.2) is 4.99 Å². The molecule has 0 aliphatic rings. The quantitative estimate of drug-likeness (QED) is 0.576. The van der Waals surface area contributed by atoms with Crippen molar-refractivity contribution in [1.29, 1.82) is 0 Å². The molecule has 0 aliphatic carbocycles. The molecule has 0 spiro atoms. The zero-order chi connectivity index (χ0) is 7.28. The van der Waals surface area contributed by atoms with Gasteiger partial charge in [0.15, 0.2) is 0 Å². The lowest BCUT2D eigenvalue weighted by Gasteiger charge is -1.88. The van der Waals surface area contributed by atoms with Crippen LogP contribution in [0.15, 0.2) is 29.5 Å². The molecule has 2 N–H and O–H groups in total. The summed E-state index contributed by atoms with van der Waals surface area (Å²) in [4.78, 5) is 4.04. The minimum Gasteiger partial charge on any atom is -0.403 e. The molecule has 50 valence electrons. The third kappa shape index (κ3) is 4.20. The van der Waals surface area contributed by atoms with Crippen LogP contribution >= 0.6 is 22.6 Å². The molecule has 9 heavy (non-hydrogen) atoms. The van der Waals surface area contributed by atoms with E-state index in [9.17, 15) is 0 Å². The van der Waals surface area contributed by atoms with Crippen LogP contribution in [0.25, 0.3) is 0 Å². The third-order valence-corrected chi connectivity index (χ3v) is 1.37. The van der Waals surface area contributed by atoms with E-state index in [-0.39, 0.29) is 0 Å². The summed E-state index contributed by atoms with van der Waals surface area (Å²) in [6, 6.07) is 0. The molecule has 0 saturated heterocycles. The predicted octanol–water partition coefficient (Wildman–Crippen LogP) is 1.83. The first kappa shape index (κ1) is 8.68. The molecule has 0 heterocycles. The fourth-order valence-corrected chi connectivity index (χ4v) is 0.632. The molecule has 0 saturated carbocycles. The van der Waals surface area contributed by atoms with Crippen LogP contribution in [0.3, 0.4) is 0 Å². The van der Waals surface area contributed by atoms with E-state index in [4.69, 9.17) is 5.73 Å². The Morgan fingerprint density at radius 3 is 2.67 bits per heavy atom. The molecule has 0 atom stereocenters. The molecular formula is C6H9IN2. The van der Waals surface area contributed by atoms with Gasteiger partial charge in [0.1, 0.15) is 3.72 Å². The van der Waals surface area contributed by atoms with Gasteiger partial charge >= 0.3 is 0 Å².